The van der Waals surface area contributed by atoms with Crippen LogP contribution in [0.3, 0.4) is 0 Å². The van der Waals surface area contributed by atoms with Crippen LogP contribution in [-0.2, 0) is 6.54 Å². The van der Waals surface area contributed by atoms with Crippen molar-refractivity contribution >= 4 is 28.8 Å². The van der Waals surface area contributed by atoms with Gasteiger partial charge in [0.1, 0.15) is 5.82 Å². The molecule has 0 aliphatic carbocycles. The van der Waals surface area contributed by atoms with E-state index in [0.717, 1.165) is 0 Å². The van der Waals surface area contributed by atoms with E-state index in [4.69, 9.17) is 29.6 Å². The van der Waals surface area contributed by atoms with Gasteiger partial charge in [0.2, 0.25) is 0 Å². The predicted octanol–water partition coefficient (Wildman–Crippen LogP) is 2.59. The number of nitrogens with zero attached hydrogens (tertiary/aromatic N) is 1. The van der Waals surface area contributed by atoms with Crippen molar-refractivity contribution in [2.24, 2.45) is 5.73 Å². The van der Waals surface area contributed by atoms with Gasteiger partial charge in [-0.25, -0.2) is 4.39 Å². The molecule has 0 spiro atoms. The van der Waals surface area contributed by atoms with E-state index in [9.17, 15) is 4.39 Å². The minimum absolute atomic E-state index is 0.0920. The van der Waals surface area contributed by atoms with Gasteiger partial charge in [0.25, 0.3) is 0 Å². The molecule has 0 saturated heterocycles. The molecule has 1 atom stereocenters. The van der Waals surface area contributed by atoms with Gasteiger partial charge in [0.15, 0.2) is 0 Å². The zero-order valence-electron chi connectivity index (χ0n) is 9.21. The molecule has 0 heterocycles. The van der Waals surface area contributed by atoms with Crippen LogP contribution in [0, 0.1) is 5.82 Å². The normalized spacial score (nSPS) is 12.8. The molecule has 1 aromatic carbocycles. The van der Waals surface area contributed by atoms with E-state index in [1.165, 1.54) is 6.07 Å². The summed E-state index contributed by atoms with van der Waals surface area (Å²) in [5, 5.41) is 0.419. The summed E-state index contributed by atoms with van der Waals surface area (Å²) in [5.41, 5.74) is 6.00. The second-order valence-corrected chi connectivity index (χ2v) is 4.57. The predicted molar refractivity (Wildman–Crippen MR) is 69.1 cm³/mol. The number of hydrogen-bond acceptors (Lipinski definition) is 2. The number of nitrogens with two attached hydrogens (primary N) is 1. The minimum atomic E-state index is -0.311. The van der Waals surface area contributed by atoms with Crippen molar-refractivity contribution in [3.63, 3.8) is 0 Å². The van der Waals surface area contributed by atoms with Crippen LogP contribution in [0.15, 0.2) is 18.2 Å². The smallest absolute Gasteiger partial charge is 0.129 e. The first-order valence-electron chi connectivity index (χ1n) is 4.86. The number of thiocarbonyl (C=S) groups is 1. The topological polar surface area (TPSA) is 29.3 Å². The maximum Gasteiger partial charge on any atom is 0.129 e. The van der Waals surface area contributed by atoms with Crippen molar-refractivity contribution in [3.8, 4) is 0 Å². The standard InChI is InChI=1S/C11H14ClFN2S/c1-7(11(14)16)15(2)6-8-9(12)4-3-5-10(8)13/h3-5,7H,6H2,1-2H3,(H2,14,16). The Hall–Kier alpha value is -0.710. The summed E-state index contributed by atoms with van der Waals surface area (Å²) in [4.78, 5) is 2.24. The first-order valence-corrected chi connectivity index (χ1v) is 5.64. The first kappa shape index (κ1) is 13.4. The highest BCUT2D eigenvalue weighted by Gasteiger charge is 2.15. The lowest BCUT2D eigenvalue weighted by molar-refractivity contribution is 0.299. The molecule has 0 aliphatic rings. The second kappa shape index (κ2) is 5.57. The molecule has 1 rings (SSSR count). The van der Waals surface area contributed by atoms with Crippen molar-refractivity contribution in [3.05, 3.63) is 34.6 Å². The Labute approximate surface area is 105 Å². The van der Waals surface area contributed by atoms with Gasteiger partial charge in [-0.2, -0.15) is 0 Å². The van der Waals surface area contributed by atoms with E-state index >= 15 is 0 Å². The monoisotopic (exact) mass is 260 g/mol. The van der Waals surface area contributed by atoms with Gasteiger partial charge in [0, 0.05) is 17.1 Å². The quantitative estimate of drug-likeness (QED) is 0.844. The van der Waals surface area contributed by atoms with Crippen molar-refractivity contribution < 1.29 is 4.39 Å². The third-order valence-electron chi connectivity index (χ3n) is 2.54. The molecule has 1 aromatic rings. The summed E-state index contributed by atoms with van der Waals surface area (Å²) in [6.45, 7) is 2.25. The van der Waals surface area contributed by atoms with Crippen LogP contribution in [0.1, 0.15) is 12.5 Å². The molecule has 2 N–H and O–H groups in total. The molecule has 1 unspecified atom stereocenters. The van der Waals surface area contributed by atoms with E-state index < -0.39 is 0 Å². The van der Waals surface area contributed by atoms with Crippen LogP contribution in [-0.4, -0.2) is 23.0 Å². The van der Waals surface area contributed by atoms with Crippen LogP contribution < -0.4 is 5.73 Å². The van der Waals surface area contributed by atoms with Gasteiger partial charge in [-0.05, 0) is 26.1 Å². The van der Waals surface area contributed by atoms with Gasteiger partial charge >= 0.3 is 0 Å². The van der Waals surface area contributed by atoms with Gasteiger partial charge in [-0.15, -0.1) is 0 Å². The molecule has 16 heavy (non-hydrogen) atoms. The molecule has 5 heteroatoms. The fraction of sp³-hybridized carbons (Fsp3) is 0.364. The second-order valence-electron chi connectivity index (χ2n) is 3.69. The lowest BCUT2D eigenvalue weighted by atomic mass is 10.2. The molecule has 0 radical (unpaired) electrons. The average molecular weight is 261 g/mol. The maximum atomic E-state index is 13.5. The summed E-state index contributed by atoms with van der Waals surface area (Å²) in [7, 11) is 1.83. The number of hydrogen-bond donors (Lipinski definition) is 1. The molecular formula is C11H14ClFN2S. The highest BCUT2D eigenvalue weighted by atomic mass is 35.5. The van der Waals surface area contributed by atoms with Crippen LogP contribution in [0.4, 0.5) is 4.39 Å². The molecule has 0 aromatic heterocycles. The van der Waals surface area contributed by atoms with Crippen LogP contribution in [0.5, 0.6) is 0 Å². The summed E-state index contributed by atoms with van der Waals surface area (Å²) in [5.74, 6) is -0.311. The molecular weight excluding hydrogens is 247 g/mol. The van der Waals surface area contributed by atoms with Crippen LogP contribution in [0.25, 0.3) is 0 Å². The molecule has 88 valence electrons. The Morgan fingerprint density at radius 2 is 2.25 bits per heavy atom. The minimum Gasteiger partial charge on any atom is -0.392 e. The number of benzene rings is 1. The Balaban J connectivity index is 2.84. The van der Waals surface area contributed by atoms with Gasteiger partial charge in [-0.1, -0.05) is 29.9 Å². The fourth-order valence-electron chi connectivity index (χ4n) is 1.29. The molecule has 0 fully saturated rings. The molecule has 0 amide bonds. The summed E-state index contributed by atoms with van der Waals surface area (Å²) in [6.07, 6.45) is 0. The molecule has 0 saturated carbocycles. The third kappa shape index (κ3) is 3.14. The van der Waals surface area contributed by atoms with Gasteiger partial charge in [0.05, 0.1) is 11.0 Å². The van der Waals surface area contributed by atoms with E-state index in [0.29, 0.717) is 22.1 Å². The Bertz CT molecular complexity index is 377. The summed E-state index contributed by atoms with van der Waals surface area (Å²) < 4.78 is 13.5. The average Bonchev–Trinajstić information content (AvgIpc) is 2.22. The maximum absolute atomic E-state index is 13.5. The first-order chi connectivity index (χ1) is 7.43. The van der Waals surface area contributed by atoms with E-state index in [1.807, 2.05) is 18.9 Å². The number of halogens is 2. The lowest BCUT2D eigenvalue weighted by Gasteiger charge is -2.24. The van der Waals surface area contributed by atoms with E-state index in [2.05, 4.69) is 0 Å². The molecule has 2 nitrogen and oxygen atoms in total. The van der Waals surface area contributed by atoms with Crippen LogP contribution in [0.2, 0.25) is 5.02 Å². The number of likely N-dealkylation sites (N-methyl/N-ethyl adjacent to an activating group) is 1. The largest absolute Gasteiger partial charge is 0.392 e. The fourth-order valence-corrected chi connectivity index (χ4v) is 1.69. The van der Waals surface area contributed by atoms with E-state index in [1.54, 1.807) is 12.1 Å². The SMILES string of the molecule is CC(C(N)=S)N(C)Cc1c(F)cccc1Cl. The van der Waals surface area contributed by atoms with Crippen molar-refractivity contribution in [2.75, 3.05) is 7.05 Å². The van der Waals surface area contributed by atoms with Gasteiger partial charge in [-0.3, -0.25) is 4.90 Å². The van der Waals surface area contributed by atoms with Crippen molar-refractivity contribution in [1.29, 1.82) is 0 Å². The Kier molecular flexibility index (Phi) is 4.65. The summed E-state index contributed by atoms with van der Waals surface area (Å²) >= 11 is 10.8. The molecule has 0 aliphatic heterocycles. The zero-order chi connectivity index (χ0) is 12.3. The zero-order valence-corrected chi connectivity index (χ0v) is 10.8. The Morgan fingerprint density at radius 1 is 1.62 bits per heavy atom. The third-order valence-corrected chi connectivity index (χ3v) is 3.24. The number of rotatable bonds is 4. The van der Waals surface area contributed by atoms with Crippen molar-refractivity contribution in [2.45, 2.75) is 19.5 Å². The highest BCUT2D eigenvalue weighted by Crippen LogP contribution is 2.20. The van der Waals surface area contributed by atoms with Crippen molar-refractivity contribution in [1.82, 2.24) is 4.90 Å². The lowest BCUT2D eigenvalue weighted by Crippen LogP contribution is -2.38. The Morgan fingerprint density at radius 3 is 2.75 bits per heavy atom. The van der Waals surface area contributed by atoms with Crippen LogP contribution >= 0.6 is 23.8 Å². The summed E-state index contributed by atoms with van der Waals surface area (Å²) in [6, 6.07) is 4.54. The van der Waals surface area contributed by atoms with Gasteiger partial charge < -0.3 is 5.73 Å². The van der Waals surface area contributed by atoms with E-state index in [-0.39, 0.29) is 11.9 Å². The molecule has 0 bridgehead atoms. The highest BCUT2D eigenvalue weighted by molar-refractivity contribution is 7.80.